The van der Waals surface area contributed by atoms with Crippen molar-refractivity contribution >= 4 is 5.97 Å². The van der Waals surface area contributed by atoms with Crippen LogP contribution < -0.4 is 0 Å². The Morgan fingerprint density at radius 1 is 0.842 bits per heavy atom. The van der Waals surface area contributed by atoms with Crippen molar-refractivity contribution in [2.24, 2.45) is 5.92 Å². The van der Waals surface area contributed by atoms with Crippen LogP contribution in [0, 0.1) is 5.92 Å². The molecule has 0 bridgehead atoms. The lowest BCUT2D eigenvalue weighted by molar-refractivity contribution is -0.141. The highest BCUT2D eigenvalue weighted by Crippen LogP contribution is 2.26. The number of carbonyl (C=O) groups excluding carboxylic acids is 1. The van der Waals surface area contributed by atoms with Crippen LogP contribution in [0.4, 0.5) is 0 Å². The van der Waals surface area contributed by atoms with Gasteiger partial charge >= 0.3 is 5.97 Å². The molecule has 2 heteroatoms. The number of carbonyl (C=O) groups is 1. The number of hydrogen-bond acceptors (Lipinski definition) is 2. The monoisotopic (exact) mass is 270 g/mol. The quantitative estimate of drug-likeness (QED) is 0.620. The summed E-state index contributed by atoms with van der Waals surface area (Å²) in [5, 5.41) is 0. The summed E-state index contributed by atoms with van der Waals surface area (Å²) in [5.41, 5.74) is 0. The van der Waals surface area contributed by atoms with E-state index in [2.05, 4.69) is 4.74 Å². The van der Waals surface area contributed by atoms with Gasteiger partial charge in [0.05, 0.1) is 7.11 Å². The Balaban J connectivity index is 0.000000341. The Kier molecular flexibility index (Phi) is 13.5. The molecule has 0 aromatic heterocycles. The van der Waals surface area contributed by atoms with Crippen LogP contribution in [0.5, 0.6) is 0 Å². The Morgan fingerprint density at radius 3 is 1.58 bits per heavy atom. The van der Waals surface area contributed by atoms with Crippen molar-refractivity contribution in [3.05, 3.63) is 0 Å². The van der Waals surface area contributed by atoms with E-state index in [1.807, 2.05) is 13.8 Å². The summed E-state index contributed by atoms with van der Waals surface area (Å²) in [6.07, 6.45) is 16.0. The van der Waals surface area contributed by atoms with Gasteiger partial charge in [0, 0.05) is 6.42 Å². The summed E-state index contributed by atoms with van der Waals surface area (Å²) >= 11 is 0. The molecule has 0 spiro atoms. The fourth-order valence-electron chi connectivity index (χ4n) is 2.77. The van der Waals surface area contributed by atoms with E-state index in [9.17, 15) is 4.79 Å². The van der Waals surface area contributed by atoms with Crippen molar-refractivity contribution < 1.29 is 9.53 Å². The van der Waals surface area contributed by atoms with Crippen LogP contribution in [0.15, 0.2) is 0 Å². The molecule has 2 aliphatic rings. The zero-order chi connectivity index (χ0) is 14.3. The molecular formula is C17H34O2. The Bertz CT molecular complexity index is 180. The fraction of sp³-hybridized carbons (Fsp3) is 0.941. The average molecular weight is 270 g/mol. The molecule has 2 rings (SSSR count). The molecule has 2 saturated carbocycles. The molecule has 0 radical (unpaired) electrons. The zero-order valence-corrected chi connectivity index (χ0v) is 13.4. The third-order valence-electron chi connectivity index (χ3n) is 3.91. The van der Waals surface area contributed by atoms with Crippen molar-refractivity contribution in [1.82, 2.24) is 0 Å². The van der Waals surface area contributed by atoms with Crippen LogP contribution in [-0.4, -0.2) is 13.1 Å². The van der Waals surface area contributed by atoms with E-state index in [0.29, 0.717) is 12.3 Å². The van der Waals surface area contributed by atoms with E-state index in [4.69, 9.17) is 0 Å². The fourth-order valence-corrected chi connectivity index (χ4v) is 2.77. The van der Waals surface area contributed by atoms with Gasteiger partial charge in [-0.3, -0.25) is 4.79 Å². The molecule has 0 saturated heterocycles. The highest BCUT2D eigenvalue weighted by molar-refractivity contribution is 5.69. The molecule has 0 N–H and O–H groups in total. The second kappa shape index (κ2) is 13.9. The predicted molar refractivity (Wildman–Crippen MR) is 82.3 cm³/mol. The Morgan fingerprint density at radius 2 is 1.21 bits per heavy atom. The first-order valence-corrected chi connectivity index (χ1v) is 8.39. The maximum absolute atomic E-state index is 10.9. The summed E-state index contributed by atoms with van der Waals surface area (Å²) in [5.74, 6) is 0.563. The summed E-state index contributed by atoms with van der Waals surface area (Å²) < 4.78 is 4.61. The van der Waals surface area contributed by atoms with Crippen LogP contribution >= 0.6 is 0 Å². The molecule has 114 valence electrons. The van der Waals surface area contributed by atoms with Gasteiger partial charge in [0.2, 0.25) is 0 Å². The zero-order valence-electron chi connectivity index (χ0n) is 13.4. The molecule has 2 nitrogen and oxygen atoms in total. The molecule has 0 atom stereocenters. The van der Waals surface area contributed by atoms with Gasteiger partial charge in [-0.15, -0.1) is 0 Å². The lowest BCUT2D eigenvalue weighted by atomic mass is 9.87. The van der Waals surface area contributed by atoms with Gasteiger partial charge in [0.25, 0.3) is 0 Å². The van der Waals surface area contributed by atoms with Gasteiger partial charge in [-0.2, -0.15) is 0 Å². The van der Waals surface area contributed by atoms with Gasteiger partial charge in [0.1, 0.15) is 0 Å². The maximum Gasteiger partial charge on any atom is 0.305 e. The smallest absolute Gasteiger partial charge is 0.305 e. The normalized spacial score (nSPS) is 19.3. The van der Waals surface area contributed by atoms with Crippen LogP contribution in [0.3, 0.4) is 0 Å². The summed E-state index contributed by atoms with van der Waals surface area (Å²) in [6.45, 7) is 4.00. The first-order chi connectivity index (χ1) is 9.33. The number of methoxy groups -OCH3 is 1. The van der Waals surface area contributed by atoms with Gasteiger partial charge in [0.15, 0.2) is 0 Å². The lowest BCUT2D eigenvalue weighted by Gasteiger charge is -2.19. The van der Waals surface area contributed by atoms with Crippen molar-refractivity contribution in [2.75, 3.05) is 7.11 Å². The lowest BCUT2D eigenvalue weighted by Crippen LogP contribution is -2.12. The molecule has 2 fully saturated rings. The van der Waals surface area contributed by atoms with Gasteiger partial charge in [-0.1, -0.05) is 71.6 Å². The van der Waals surface area contributed by atoms with E-state index in [1.54, 1.807) is 0 Å². The highest BCUT2D eigenvalue weighted by atomic mass is 16.5. The van der Waals surface area contributed by atoms with Gasteiger partial charge in [-0.25, -0.2) is 0 Å². The van der Waals surface area contributed by atoms with Crippen LogP contribution in [0.2, 0.25) is 0 Å². The SMILES string of the molecule is C1CCCCC1.CC.COC(=O)CC1CCCCC1. The van der Waals surface area contributed by atoms with E-state index in [0.717, 1.165) is 0 Å². The largest absolute Gasteiger partial charge is 0.469 e. The van der Waals surface area contributed by atoms with Crippen molar-refractivity contribution in [3.8, 4) is 0 Å². The van der Waals surface area contributed by atoms with E-state index in [1.165, 1.54) is 77.7 Å². The first kappa shape index (κ1) is 18.5. The number of rotatable bonds is 2. The first-order valence-electron chi connectivity index (χ1n) is 8.39. The van der Waals surface area contributed by atoms with Crippen molar-refractivity contribution in [2.45, 2.75) is 90.9 Å². The molecule has 0 amide bonds. The molecular weight excluding hydrogens is 236 g/mol. The summed E-state index contributed by atoms with van der Waals surface area (Å²) in [6, 6.07) is 0. The summed E-state index contributed by atoms with van der Waals surface area (Å²) in [4.78, 5) is 10.9. The number of ether oxygens (including phenoxy) is 1. The number of hydrogen-bond donors (Lipinski definition) is 0. The van der Waals surface area contributed by atoms with Gasteiger partial charge < -0.3 is 4.74 Å². The summed E-state index contributed by atoms with van der Waals surface area (Å²) in [7, 11) is 1.46. The van der Waals surface area contributed by atoms with Crippen molar-refractivity contribution in [3.63, 3.8) is 0 Å². The van der Waals surface area contributed by atoms with E-state index < -0.39 is 0 Å². The molecule has 2 aliphatic carbocycles. The Labute approximate surface area is 120 Å². The van der Waals surface area contributed by atoms with Crippen LogP contribution in [0.25, 0.3) is 0 Å². The van der Waals surface area contributed by atoms with Crippen molar-refractivity contribution in [1.29, 1.82) is 0 Å². The Hall–Kier alpha value is -0.530. The average Bonchev–Trinajstić information content (AvgIpc) is 2.52. The molecule has 19 heavy (non-hydrogen) atoms. The van der Waals surface area contributed by atoms with E-state index >= 15 is 0 Å². The molecule has 0 aromatic carbocycles. The van der Waals surface area contributed by atoms with Crippen LogP contribution in [-0.2, 0) is 9.53 Å². The van der Waals surface area contributed by atoms with E-state index in [-0.39, 0.29) is 5.97 Å². The minimum atomic E-state index is -0.0445. The second-order valence-electron chi connectivity index (χ2n) is 5.41. The molecule has 0 aliphatic heterocycles. The minimum absolute atomic E-state index is 0.0445. The standard InChI is InChI=1S/C9H16O2.C6H12.C2H6/c1-11-9(10)7-8-5-3-2-4-6-8;1-2-4-6-5-3-1;1-2/h8H,2-7H2,1H3;1-6H2;1-2H3. The molecule has 0 heterocycles. The predicted octanol–water partition coefficient (Wildman–Crippen LogP) is 5.50. The number of esters is 1. The molecule has 0 unspecified atom stereocenters. The van der Waals surface area contributed by atoms with Gasteiger partial charge in [-0.05, 0) is 18.8 Å². The third-order valence-corrected chi connectivity index (χ3v) is 3.91. The third kappa shape index (κ3) is 11.0. The topological polar surface area (TPSA) is 26.3 Å². The highest BCUT2D eigenvalue weighted by Gasteiger charge is 2.16. The maximum atomic E-state index is 10.9. The minimum Gasteiger partial charge on any atom is -0.469 e. The van der Waals surface area contributed by atoms with Crippen LogP contribution in [0.1, 0.15) is 90.9 Å². The molecule has 0 aromatic rings. The second-order valence-corrected chi connectivity index (χ2v) is 5.41.